The molecule has 4 nitrogen and oxygen atoms in total. The van der Waals surface area contributed by atoms with Crippen LogP contribution in [0.2, 0.25) is 0 Å². The lowest BCUT2D eigenvalue weighted by atomic mass is 10.3. The highest BCUT2D eigenvalue weighted by Gasteiger charge is 2.02. The standard InChI is InChI=1S/C7H8N3O/c1-5(11)10-6-2-3-9-7(8)4-6/h2-4,8H,1H3,(H,10,11). The van der Waals surface area contributed by atoms with E-state index in [9.17, 15) is 4.79 Å². The molecule has 1 rings (SSSR count). The Kier molecular flexibility index (Phi) is 2.06. The van der Waals surface area contributed by atoms with Crippen molar-refractivity contribution in [1.29, 1.82) is 5.41 Å². The Morgan fingerprint density at radius 3 is 3.00 bits per heavy atom. The van der Waals surface area contributed by atoms with Crippen molar-refractivity contribution in [1.82, 2.24) is 10.6 Å². The molecule has 11 heavy (non-hydrogen) atoms. The quantitative estimate of drug-likeness (QED) is 0.547. The van der Waals surface area contributed by atoms with E-state index in [4.69, 9.17) is 5.41 Å². The van der Waals surface area contributed by atoms with Crippen LogP contribution in [-0.4, -0.2) is 11.7 Å². The highest BCUT2D eigenvalue weighted by molar-refractivity contribution is 5.93. The molecule has 57 valence electrons. The van der Waals surface area contributed by atoms with Crippen LogP contribution >= 0.6 is 0 Å². The molecule has 0 spiro atoms. The highest BCUT2D eigenvalue weighted by atomic mass is 16.1. The largest absolute Gasteiger partial charge is 0.326 e. The average Bonchev–Trinajstić information content (AvgIpc) is 1.85. The lowest BCUT2D eigenvalue weighted by Crippen LogP contribution is -2.22. The number of carbonyl (C=O) groups is 1. The van der Waals surface area contributed by atoms with Gasteiger partial charge in [0.15, 0.2) is 0 Å². The molecule has 1 aliphatic heterocycles. The summed E-state index contributed by atoms with van der Waals surface area (Å²) in [4.78, 5) is 10.5. The molecule has 4 heteroatoms. The summed E-state index contributed by atoms with van der Waals surface area (Å²) in [6, 6.07) is 0. The molecule has 0 unspecified atom stereocenters. The van der Waals surface area contributed by atoms with E-state index in [1.54, 1.807) is 6.08 Å². The Morgan fingerprint density at radius 1 is 1.73 bits per heavy atom. The van der Waals surface area contributed by atoms with Crippen LogP contribution in [0.4, 0.5) is 0 Å². The van der Waals surface area contributed by atoms with Gasteiger partial charge in [-0.1, -0.05) is 0 Å². The molecule has 1 heterocycles. The summed E-state index contributed by atoms with van der Waals surface area (Å²) in [5, 5.41) is 13.3. The maximum absolute atomic E-state index is 10.5. The van der Waals surface area contributed by atoms with Crippen molar-refractivity contribution in [3.05, 3.63) is 24.0 Å². The molecule has 1 amide bonds. The van der Waals surface area contributed by atoms with Crippen LogP contribution in [0, 0.1) is 5.41 Å². The van der Waals surface area contributed by atoms with E-state index in [-0.39, 0.29) is 11.7 Å². The van der Waals surface area contributed by atoms with Crippen LogP contribution < -0.4 is 10.6 Å². The summed E-state index contributed by atoms with van der Waals surface area (Å²) >= 11 is 0. The monoisotopic (exact) mass is 150 g/mol. The maximum atomic E-state index is 10.5. The minimum absolute atomic E-state index is 0.143. The van der Waals surface area contributed by atoms with Crippen molar-refractivity contribution >= 4 is 11.7 Å². The molecule has 2 N–H and O–H groups in total. The maximum Gasteiger partial charge on any atom is 0.221 e. The number of rotatable bonds is 1. The normalized spacial score (nSPS) is 15.4. The van der Waals surface area contributed by atoms with Gasteiger partial charge in [0.2, 0.25) is 5.91 Å². The molecule has 1 aliphatic rings. The molecule has 0 saturated carbocycles. The summed E-state index contributed by atoms with van der Waals surface area (Å²) in [5.41, 5.74) is 0.609. The lowest BCUT2D eigenvalue weighted by molar-refractivity contribution is -0.118. The topological polar surface area (TPSA) is 67.1 Å². The third-order valence-electron chi connectivity index (χ3n) is 1.08. The van der Waals surface area contributed by atoms with Gasteiger partial charge in [-0.3, -0.25) is 10.2 Å². The van der Waals surface area contributed by atoms with E-state index < -0.39 is 0 Å². The van der Waals surface area contributed by atoms with Crippen molar-refractivity contribution in [2.24, 2.45) is 0 Å². The zero-order chi connectivity index (χ0) is 8.27. The second-order valence-corrected chi connectivity index (χ2v) is 2.11. The second kappa shape index (κ2) is 3.01. The van der Waals surface area contributed by atoms with Crippen LogP contribution in [0.25, 0.3) is 0 Å². The molecular weight excluding hydrogens is 142 g/mol. The number of carbonyl (C=O) groups excluding carboxylic acids is 1. The molecule has 1 radical (unpaired) electrons. The fourth-order valence-corrected chi connectivity index (χ4v) is 0.712. The third kappa shape index (κ3) is 2.25. The fourth-order valence-electron chi connectivity index (χ4n) is 0.712. The van der Waals surface area contributed by atoms with E-state index in [2.05, 4.69) is 10.6 Å². The summed E-state index contributed by atoms with van der Waals surface area (Å²) in [5.74, 6) is 0.00634. The predicted molar refractivity (Wildman–Crippen MR) is 40.9 cm³/mol. The van der Waals surface area contributed by atoms with Crippen LogP contribution in [0.1, 0.15) is 6.92 Å². The van der Waals surface area contributed by atoms with E-state index in [0.717, 1.165) is 0 Å². The van der Waals surface area contributed by atoms with Gasteiger partial charge in [-0.2, -0.15) is 0 Å². The molecular formula is C7H8N3O. The number of amidine groups is 1. The Balaban J connectivity index is 2.64. The van der Waals surface area contributed by atoms with Crippen molar-refractivity contribution in [2.45, 2.75) is 6.92 Å². The zero-order valence-electron chi connectivity index (χ0n) is 6.09. The van der Waals surface area contributed by atoms with Gasteiger partial charge in [-0.05, 0) is 6.08 Å². The van der Waals surface area contributed by atoms with Crippen LogP contribution in [0.15, 0.2) is 24.0 Å². The van der Waals surface area contributed by atoms with Gasteiger partial charge in [0, 0.05) is 24.9 Å². The first-order valence-corrected chi connectivity index (χ1v) is 3.14. The van der Waals surface area contributed by atoms with Gasteiger partial charge < -0.3 is 5.32 Å². The van der Waals surface area contributed by atoms with Crippen molar-refractivity contribution in [3.63, 3.8) is 0 Å². The summed E-state index contributed by atoms with van der Waals surface area (Å²) in [6.45, 7) is 1.42. The number of hydrogen-bond acceptors (Lipinski definition) is 2. The average molecular weight is 150 g/mol. The van der Waals surface area contributed by atoms with Crippen molar-refractivity contribution in [3.8, 4) is 0 Å². The first-order chi connectivity index (χ1) is 5.18. The van der Waals surface area contributed by atoms with Gasteiger partial charge in [-0.25, -0.2) is 5.32 Å². The second-order valence-electron chi connectivity index (χ2n) is 2.11. The van der Waals surface area contributed by atoms with Crippen LogP contribution in [0.3, 0.4) is 0 Å². The van der Waals surface area contributed by atoms with Gasteiger partial charge in [0.1, 0.15) is 5.84 Å². The van der Waals surface area contributed by atoms with Crippen molar-refractivity contribution < 1.29 is 4.79 Å². The highest BCUT2D eigenvalue weighted by Crippen LogP contribution is 1.97. The molecule has 0 aliphatic carbocycles. The molecule has 0 aromatic rings. The van der Waals surface area contributed by atoms with Crippen LogP contribution in [0.5, 0.6) is 0 Å². The van der Waals surface area contributed by atoms with Gasteiger partial charge in [0.25, 0.3) is 0 Å². The summed E-state index contributed by atoms with van der Waals surface area (Å²) in [7, 11) is 0. The smallest absolute Gasteiger partial charge is 0.221 e. The Morgan fingerprint density at radius 2 is 2.45 bits per heavy atom. The minimum atomic E-state index is -0.143. The molecule has 0 aromatic carbocycles. The first-order valence-electron chi connectivity index (χ1n) is 3.14. The Hall–Kier alpha value is -1.58. The zero-order valence-corrected chi connectivity index (χ0v) is 6.09. The van der Waals surface area contributed by atoms with E-state index >= 15 is 0 Å². The van der Waals surface area contributed by atoms with Crippen LogP contribution in [-0.2, 0) is 4.79 Å². The summed E-state index contributed by atoms with van der Waals surface area (Å²) in [6.07, 6.45) is 4.61. The minimum Gasteiger partial charge on any atom is -0.326 e. The molecule has 0 aromatic heterocycles. The fraction of sp³-hybridized carbons (Fsp3) is 0.143. The molecule has 0 bridgehead atoms. The third-order valence-corrected chi connectivity index (χ3v) is 1.08. The number of nitrogens with zero attached hydrogens (tertiary/aromatic N) is 1. The number of allylic oxidation sites excluding steroid dienone is 1. The number of nitrogens with one attached hydrogen (secondary N) is 2. The van der Waals surface area contributed by atoms with Gasteiger partial charge in [0.05, 0.1) is 0 Å². The van der Waals surface area contributed by atoms with E-state index in [1.165, 1.54) is 19.2 Å². The molecule has 0 atom stereocenters. The van der Waals surface area contributed by atoms with Gasteiger partial charge >= 0.3 is 0 Å². The molecule has 0 fully saturated rings. The number of hydrogen-bond donors (Lipinski definition) is 2. The summed E-state index contributed by atoms with van der Waals surface area (Å²) < 4.78 is 0. The Labute approximate surface area is 64.5 Å². The van der Waals surface area contributed by atoms with Gasteiger partial charge in [-0.15, -0.1) is 0 Å². The van der Waals surface area contributed by atoms with E-state index in [0.29, 0.717) is 5.70 Å². The first kappa shape index (κ1) is 7.53. The van der Waals surface area contributed by atoms with Crippen molar-refractivity contribution in [2.75, 3.05) is 0 Å². The predicted octanol–water partition coefficient (Wildman–Crippen LogP) is 0.115. The Bertz CT molecular complexity index is 252. The lowest BCUT2D eigenvalue weighted by Gasteiger charge is -2.06. The molecule has 0 saturated heterocycles. The number of amides is 1. The SMILES string of the molecule is CC(=O)NC1=CC(=N)[N]C=C1. The van der Waals surface area contributed by atoms with E-state index in [1.807, 2.05) is 0 Å².